The predicted molar refractivity (Wildman–Crippen MR) is 81.8 cm³/mol. The third kappa shape index (κ3) is 2.86. The lowest BCUT2D eigenvalue weighted by Crippen LogP contribution is -2.21. The smallest absolute Gasteiger partial charge is 0.431 e. The van der Waals surface area contributed by atoms with Crippen molar-refractivity contribution in [3.63, 3.8) is 0 Å². The van der Waals surface area contributed by atoms with E-state index in [-0.39, 0.29) is 22.9 Å². The molecule has 1 aliphatic heterocycles. The Balaban J connectivity index is 1.71. The number of nitrogens with zero attached hydrogens (tertiary/aromatic N) is 2. The standard InChI is InChI=1S/C16H12F4N4O/c17-8-1-2-9-11(3-4-25-12(9)5-8)23-14-10-6-13(16(18,19)20)24-15(10)22-7-21-14/h1-2,5-7,11H,3-4H2,(H2,21,22,23,24). The van der Waals surface area contributed by atoms with Crippen molar-refractivity contribution >= 4 is 16.9 Å². The van der Waals surface area contributed by atoms with Gasteiger partial charge in [0.05, 0.1) is 18.0 Å². The van der Waals surface area contributed by atoms with Crippen LogP contribution in [-0.2, 0) is 6.18 Å². The minimum absolute atomic E-state index is 0.0937. The lowest BCUT2D eigenvalue weighted by Gasteiger charge is -2.27. The number of benzene rings is 1. The Morgan fingerprint density at radius 1 is 1.20 bits per heavy atom. The van der Waals surface area contributed by atoms with Crippen LogP contribution in [0, 0.1) is 5.82 Å². The molecule has 3 aromatic rings. The van der Waals surface area contributed by atoms with Gasteiger partial charge in [-0.3, -0.25) is 0 Å². The van der Waals surface area contributed by atoms with Gasteiger partial charge in [-0.05, 0) is 12.1 Å². The minimum Gasteiger partial charge on any atom is -0.493 e. The molecule has 0 aliphatic carbocycles. The fourth-order valence-corrected chi connectivity index (χ4v) is 2.89. The van der Waals surface area contributed by atoms with Crippen molar-refractivity contribution in [1.29, 1.82) is 0 Å². The van der Waals surface area contributed by atoms with Crippen LogP contribution in [-0.4, -0.2) is 21.6 Å². The average Bonchev–Trinajstić information content (AvgIpc) is 3.00. The number of nitrogens with one attached hydrogen (secondary N) is 2. The molecule has 130 valence electrons. The number of ether oxygens (including phenoxy) is 1. The van der Waals surface area contributed by atoms with Gasteiger partial charge in [0.1, 0.15) is 35.1 Å². The number of alkyl halides is 3. The van der Waals surface area contributed by atoms with E-state index in [1.54, 1.807) is 6.07 Å². The molecule has 5 nitrogen and oxygen atoms in total. The van der Waals surface area contributed by atoms with Crippen LogP contribution in [0.3, 0.4) is 0 Å². The van der Waals surface area contributed by atoms with Crippen LogP contribution in [0.2, 0.25) is 0 Å². The van der Waals surface area contributed by atoms with Crippen LogP contribution in [0.1, 0.15) is 23.7 Å². The van der Waals surface area contributed by atoms with E-state index in [1.165, 1.54) is 18.5 Å². The quantitative estimate of drug-likeness (QED) is 0.683. The first-order chi connectivity index (χ1) is 11.9. The van der Waals surface area contributed by atoms with Gasteiger partial charge in [-0.15, -0.1) is 0 Å². The first-order valence-corrected chi connectivity index (χ1v) is 7.51. The van der Waals surface area contributed by atoms with Crippen molar-refractivity contribution in [2.45, 2.75) is 18.6 Å². The summed E-state index contributed by atoms with van der Waals surface area (Å²) in [4.78, 5) is 10.2. The third-order valence-corrected chi connectivity index (χ3v) is 4.06. The van der Waals surface area contributed by atoms with Crippen molar-refractivity contribution in [2.75, 3.05) is 11.9 Å². The monoisotopic (exact) mass is 352 g/mol. The fourth-order valence-electron chi connectivity index (χ4n) is 2.89. The number of H-pyrrole nitrogens is 1. The van der Waals surface area contributed by atoms with Gasteiger partial charge in [0.15, 0.2) is 0 Å². The summed E-state index contributed by atoms with van der Waals surface area (Å²) in [6.07, 6.45) is -2.74. The summed E-state index contributed by atoms with van der Waals surface area (Å²) in [6, 6.07) is 4.92. The highest BCUT2D eigenvalue weighted by molar-refractivity contribution is 5.88. The Morgan fingerprint density at radius 2 is 2.04 bits per heavy atom. The van der Waals surface area contributed by atoms with E-state index in [2.05, 4.69) is 20.3 Å². The molecule has 2 aromatic heterocycles. The van der Waals surface area contributed by atoms with E-state index in [0.29, 0.717) is 18.8 Å². The number of hydrogen-bond donors (Lipinski definition) is 2. The van der Waals surface area contributed by atoms with Crippen LogP contribution in [0.25, 0.3) is 11.0 Å². The molecule has 1 aromatic carbocycles. The highest BCUT2D eigenvalue weighted by Gasteiger charge is 2.33. The molecule has 4 rings (SSSR count). The number of hydrogen-bond acceptors (Lipinski definition) is 4. The maximum atomic E-state index is 13.3. The Hall–Kier alpha value is -2.84. The first kappa shape index (κ1) is 15.7. The molecule has 2 N–H and O–H groups in total. The number of fused-ring (bicyclic) bond motifs is 2. The average molecular weight is 352 g/mol. The number of aromatic amines is 1. The van der Waals surface area contributed by atoms with Gasteiger partial charge >= 0.3 is 6.18 Å². The van der Waals surface area contributed by atoms with Gasteiger partial charge in [0.25, 0.3) is 0 Å². The second-order valence-corrected chi connectivity index (χ2v) is 5.68. The second-order valence-electron chi connectivity index (χ2n) is 5.68. The molecule has 9 heteroatoms. The Morgan fingerprint density at radius 3 is 2.84 bits per heavy atom. The maximum Gasteiger partial charge on any atom is 0.431 e. The van der Waals surface area contributed by atoms with Gasteiger partial charge in [-0.2, -0.15) is 13.2 Å². The van der Waals surface area contributed by atoms with Gasteiger partial charge < -0.3 is 15.0 Å². The van der Waals surface area contributed by atoms with E-state index in [9.17, 15) is 17.6 Å². The number of rotatable bonds is 2. The number of halogens is 4. The Bertz CT molecular complexity index is 938. The summed E-state index contributed by atoms with van der Waals surface area (Å²) in [6.45, 7) is 0.364. The fraction of sp³-hybridized carbons (Fsp3) is 0.250. The lowest BCUT2D eigenvalue weighted by atomic mass is 10.0. The molecule has 1 aliphatic rings. The highest BCUT2D eigenvalue weighted by atomic mass is 19.4. The van der Waals surface area contributed by atoms with Crippen molar-refractivity contribution in [3.05, 3.63) is 47.7 Å². The molecule has 0 fully saturated rings. The van der Waals surface area contributed by atoms with E-state index >= 15 is 0 Å². The molecule has 0 radical (unpaired) electrons. The molecule has 1 unspecified atom stereocenters. The van der Waals surface area contributed by atoms with Crippen LogP contribution in [0.5, 0.6) is 5.75 Å². The van der Waals surface area contributed by atoms with E-state index in [1.807, 2.05) is 0 Å². The Kier molecular flexibility index (Phi) is 3.52. The SMILES string of the molecule is Fc1ccc2c(c1)OCCC2Nc1ncnc2[nH]c(C(F)(F)F)cc12. The van der Waals surface area contributed by atoms with Crippen molar-refractivity contribution in [3.8, 4) is 5.75 Å². The van der Waals surface area contributed by atoms with Gasteiger partial charge in [0, 0.05) is 18.1 Å². The van der Waals surface area contributed by atoms with Gasteiger partial charge in [-0.25, -0.2) is 14.4 Å². The predicted octanol–water partition coefficient (Wildman–Crippen LogP) is 4.05. The van der Waals surface area contributed by atoms with Crippen molar-refractivity contribution in [1.82, 2.24) is 15.0 Å². The summed E-state index contributed by atoms with van der Waals surface area (Å²) >= 11 is 0. The molecule has 0 spiro atoms. The molecule has 0 saturated carbocycles. The van der Waals surface area contributed by atoms with E-state index in [0.717, 1.165) is 11.6 Å². The molecule has 0 amide bonds. The molecular formula is C16H12F4N4O. The number of aromatic nitrogens is 3. The topological polar surface area (TPSA) is 62.8 Å². The first-order valence-electron chi connectivity index (χ1n) is 7.51. The molecule has 0 bridgehead atoms. The summed E-state index contributed by atoms with van der Waals surface area (Å²) in [7, 11) is 0. The van der Waals surface area contributed by atoms with Crippen LogP contribution in [0.4, 0.5) is 23.4 Å². The zero-order chi connectivity index (χ0) is 17.6. The van der Waals surface area contributed by atoms with E-state index in [4.69, 9.17) is 4.74 Å². The molecule has 3 heterocycles. The van der Waals surface area contributed by atoms with Crippen molar-refractivity contribution in [2.24, 2.45) is 0 Å². The zero-order valence-corrected chi connectivity index (χ0v) is 12.7. The van der Waals surface area contributed by atoms with Gasteiger partial charge in [0.2, 0.25) is 0 Å². The Labute approximate surface area is 139 Å². The summed E-state index contributed by atoms with van der Waals surface area (Å²) in [5.74, 6) is 0.280. The summed E-state index contributed by atoms with van der Waals surface area (Å²) in [5.41, 5.74) is -0.0669. The molecule has 1 atom stereocenters. The normalized spacial score (nSPS) is 17.2. The van der Waals surface area contributed by atoms with Crippen LogP contribution >= 0.6 is 0 Å². The van der Waals surface area contributed by atoms with Gasteiger partial charge in [-0.1, -0.05) is 6.07 Å². The van der Waals surface area contributed by atoms with E-state index < -0.39 is 17.7 Å². The zero-order valence-electron chi connectivity index (χ0n) is 12.7. The highest BCUT2D eigenvalue weighted by Crippen LogP contribution is 2.37. The lowest BCUT2D eigenvalue weighted by molar-refractivity contribution is -0.140. The van der Waals surface area contributed by atoms with Crippen LogP contribution in [0.15, 0.2) is 30.6 Å². The molecule has 0 saturated heterocycles. The molecule has 25 heavy (non-hydrogen) atoms. The third-order valence-electron chi connectivity index (χ3n) is 4.06. The summed E-state index contributed by atoms with van der Waals surface area (Å²) in [5, 5.41) is 3.36. The number of anilines is 1. The maximum absolute atomic E-state index is 13.3. The molecular weight excluding hydrogens is 340 g/mol. The van der Waals surface area contributed by atoms with Crippen LogP contribution < -0.4 is 10.1 Å². The minimum atomic E-state index is -4.50. The largest absolute Gasteiger partial charge is 0.493 e. The second kappa shape index (κ2) is 5.61. The van der Waals surface area contributed by atoms with Crippen molar-refractivity contribution < 1.29 is 22.3 Å². The summed E-state index contributed by atoms with van der Waals surface area (Å²) < 4.78 is 57.5.